The van der Waals surface area contributed by atoms with Crippen LogP contribution in [0.15, 0.2) is 88.6 Å². The number of amides is 1. The number of fused-ring (bicyclic) bond motifs is 1. The van der Waals surface area contributed by atoms with E-state index in [-0.39, 0.29) is 23.8 Å². The van der Waals surface area contributed by atoms with Crippen LogP contribution in [0.4, 0.5) is 8.78 Å². The fraction of sp³-hybridized carbons (Fsp3) is 0.148. The monoisotopic (exact) mass is 504 g/mol. The summed E-state index contributed by atoms with van der Waals surface area (Å²) in [6.45, 7) is -2.43. The molecule has 37 heavy (non-hydrogen) atoms. The fourth-order valence-corrected chi connectivity index (χ4v) is 4.11. The normalized spacial score (nSPS) is 11.2. The molecule has 0 fully saturated rings. The summed E-state index contributed by atoms with van der Waals surface area (Å²) in [4.78, 5) is 31.2. The maximum Gasteiger partial charge on any atom is 0.387 e. The van der Waals surface area contributed by atoms with Gasteiger partial charge in [0.05, 0.1) is 29.4 Å². The Hall–Kier alpha value is -4.73. The first kappa shape index (κ1) is 24.0. The molecule has 188 valence electrons. The second kappa shape index (κ2) is 10.5. The third-order valence-corrected chi connectivity index (χ3v) is 5.88. The highest BCUT2D eigenvalue weighted by Gasteiger charge is 2.16. The summed E-state index contributed by atoms with van der Waals surface area (Å²) in [7, 11) is 0. The Morgan fingerprint density at radius 3 is 2.70 bits per heavy atom. The first-order valence-electron chi connectivity index (χ1n) is 11.5. The largest absolute Gasteiger partial charge is 0.472 e. The van der Waals surface area contributed by atoms with Crippen LogP contribution in [0.25, 0.3) is 22.2 Å². The number of carbonyl (C=O) groups excluding carboxylic acids is 1. The zero-order chi connectivity index (χ0) is 25.8. The summed E-state index contributed by atoms with van der Waals surface area (Å²) < 4.78 is 37.7. The number of aromatic nitrogens is 3. The number of H-pyrrole nitrogens is 1. The van der Waals surface area contributed by atoms with Crippen molar-refractivity contribution in [1.29, 1.82) is 0 Å². The van der Waals surface area contributed by atoms with E-state index in [0.29, 0.717) is 35.4 Å². The van der Waals surface area contributed by atoms with Crippen molar-refractivity contribution in [1.82, 2.24) is 19.9 Å². The van der Waals surface area contributed by atoms with Crippen LogP contribution in [-0.2, 0) is 13.0 Å². The van der Waals surface area contributed by atoms with Gasteiger partial charge in [0.15, 0.2) is 0 Å². The SMILES string of the molecule is O=C(NCCc1nc2ccc(-c3ccc(=O)[nH]c3)cc2n1Cc1ccccc1OC(F)F)c1ccoc1. The van der Waals surface area contributed by atoms with Crippen LogP contribution in [0.3, 0.4) is 0 Å². The molecule has 1 amide bonds. The van der Waals surface area contributed by atoms with E-state index in [1.54, 1.807) is 36.5 Å². The summed E-state index contributed by atoms with van der Waals surface area (Å²) in [6.07, 6.45) is 4.81. The maximum absolute atomic E-state index is 13.0. The molecule has 0 unspecified atom stereocenters. The molecule has 3 heterocycles. The van der Waals surface area contributed by atoms with Crippen LogP contribution in [-0.4, -0.2) is 33.6 Å². The van der Waals surface area contributed by atoms with Crippen LogP contribution in [0.1, 0.15) is 21.7 Å². The van der Waals surface area contributed by atoms with Gasteiger partial charge in [-0.3, -0.25) is 9.59 Å². The van der Waals surface area contributed by atoms with E-state index in [2.05, 4.69) is 10.3 Å². The number of nitrogens with one attached hydrogen (secondary N) is 2. The van der Waals surface area contributed by atoms with Crippen molar-refractivity contribution >= 4 is 16.9 Å². The van der Waals surface area contributed by atoms with Crippen molar-refractivity contribution in [2.45, 2.75) is 19.6 Å². The van der Waals surface area contributed by atoms with E-state index in [1.807, 2.05) is 22.8 Å². The summed E-state index contributed by atoms with van der Waals surface area (Å²) in [5.74, 6) is 0.468. The lowest BCUT2D eigenvalue weighted by Gasteiger charge is -2.14. The Bertz CT molecular complexity index is 1570. The number of para-hydroxylation sites is 1. The molecular formula is C27H22F2N4O4. The molecule has 0 saturated heterocycles. The summed E-state index contributed by atoms with van der Waals surface area (Å²) in [5.41, 5.74) is 3.90. The number of aromatic amines is 1. The van der Waals surface area contributed by atoms with Crippen LogP contribution in [0.5, 0.6) is 5.75 Å². The lowest BCUT2D eigenvalue weighted by atomic mass is 10.1. The van der Waals surface area contributed by atoms with E-state index in [4.69, 9.17) is 14.1 Å². The minimum absolute atomic E-state index is 0.0790. The maximum atomic E-state index is 13.0. The van der Waals surface area contributed by atoms with Crippen molar-refractivity contribution in [2.24, 2.45) is 0 Å². The van der Waals surface area contributed by atoms with Gasteiger partial charge in [-0.15, -0.1) is 0 Å². The zero-order valence-electron chi connectivity index (χ0n) is 19.5. The lowest BCUT2D eigenvalue weighted by molar-refractivity contribution is -0.0504. The van der Waals surface area contributed by atoms with Crippen molar-refractivity contribution in [3.8, 4) is 16.9 Å². The number of benzene rings is 2. The van der Waals surface area contributed by atoms with E-state index in [9.17, 15) is 18.4 Å². The first-order chi connectivity index (χ1) is 18.0. The topological polar surface area (TPSA) is 102 Å². The Kier molecular flexibility index (Phi) is 6.80. The second-order valence-electron chi connectivity index (χ2n) is 8.26. The molecule has 2 aromatic carbocycles. The average Bonchev–Trinajstić information content (AvgIpc) is 3.54. The van der Waals surface area contributed by atoms with Gasteiger partial charge >= 0.3 is 6.61 Å². The predicted molar refractivity (Wildman–Crippen MR) is 133 cm³/mol. The summed E-state index contributed by atoms with van der Waals surface area (Å²) in [5, 5.41) is 2.84. The Morgan fingerprint density at radius 2 is 1.95 bits per heavy atom. The van der Waals surface area contributed by atoms with Gasteiger partial charge in [0.2, 0.25) is 5.56 Å². The fourth-order valence-electron chi connectivity index (χ4n) is 4.11. The smallest absolute Gasteiger partial charge is 0.387 e. The molecule has 3 aromatic heterocycles. The molecule has 0 radical (unpaired) electrons. The second-order valence-corrected chi connectivity index (χ2v) is 8.26. The summed E-state index contributed by atoms with van der Waals surface area (Å²) >= 11 is 0. The van der Waals surface area contributed by atoms with Crippen molar-refractivity contribution < 1.29 is 22.7 Å². The molecule has 2 N–H and O–H groups in total. The quantitative estimate of drug-likeness (QED) is 0.305. The summed E-state index contributed by atoms with van der Waals surface area (Å²) in [6, 6.07) is 17.0. The van der Waals surface area contributed by atoms with E-state index in [1.165, 1.54) is 24.7 Å². The van der Waals surface area contributed by atoms with Gasteiger partial charge in [0.1, 0.15) is 17.8 Å². The Labute approximate surface area is 209 Å². The van der Waals surface area contributed by atoms with Gasteiger partial charge in [-0.05, 0) is 41.5 Å². The van der Waals surface area contributed by atoms with Crippen LogP contribution in [0, 0.1) is 0 Å². The Balaban J connectivity index is 1.50. The highest BCUT2D eigenvalue weighted by atomic mass is 19.3. The van der Waals surface area contributed by atoms with Gasteiger partial charge in [0.25, 0.3) is 5.91 Å². The molecule has 5 aromatic rings. The number of halogens is 2. The number of pyridine rings is 1. The molecule has 0 aliphatic rings. The van der Waals surface area contributed by atoms with E-state index < -0.39 is 6.61 Å². The van der Waals surface area contributed by atoms with Crippen LogP contribution >= 0.6 is 0 Å². The van der Waals surface area contributed by atoms with Crippen LogP contribution in [0.2, 0.25) is 0 Å². The molecule has 0 aliphatic carbocycles. The molecule has 0 bridgehead atoms. The lowest BCUT2D eigenvalue weighted by Crippen LogP contribution is -2.26. The number of hydrogen-bond donors (Lipinski definition) is 2. The third-order valence-electron chi connectivity index (χ3n) is 5.88. The van der Waals surface area contributed by atoms with Gasteiger partial charge in [-0.25, -0.2) is 4.98 Å². The number of alkyl halides is 2. The van der Waals surface area contributed by atoms with Gasteiger partial charge < -0.3 is 24.0 Å². The minimum Gasteiger partial charge on any atom is -0.472 e. The molecule has 10 heteroatoms. The third kappa shape index (κ3) is 5.43. The minimum atomic E-state index is -2.95. The number of imidazole rings is 1. The number of nitrogens with zero attached hydrogens (tertiary/aromatic N) is 2. The van der Waals surface area contributed by atoms with Gasteiger partial charge in [0, 0.05) is 30.8 Å². The number of ether oxygens (including phenoxy) is 1. The molecule has 0 aliphatic heterocycles. The molecule has 5 rings (SSSR count). The highest BCUT2D eigenvalue weighted by molar-refractivity contribution is 5.93. The molecule has 0 spiro atoms. The Morgan fingerprint density at radius 1 is 1.11 bits per heavy atom. The van der Waals surface area contributed by atoms with Crippen molar-refractivity contribution in [2.75, 3.05) is 6.54 Å². The van der Waals surface area contributed by atoms with Crippen molar-refractivity contribution in [3.63, 3.8) is 0 Å². The molecule has 8 nitrogen and oxygen atoms in total. The predicted octanol–water partition coefficient (Wildman–Crippen LogP) is 4.61. The standard InChI is InChI=1S/C27H22F2N4O4/c28-27(29)37-23-4-2-1-3-19(23)15-33-22-13-17(18-6-8-25(34)31-14-18)5-7-21(22)32-24(33)9-11-30-26(35)20-10-12-36-16-20/h1-8,10,12-14,16,27H,9,11,15H2,(H,30,35)(H,31,34). The van der Waals surface area contributed by atoms with Crippen molar-refractivity contribution in [3.05, 3.63) is 107 Å². The molecule has 0 saturated carbocycles. The number of carbonyl (C=O) groups is 1. The zero-order valence-corrected chi connectivity index (χ0v) is 19.5. The van der Waals surface area contributed by atoms with Gasteiger partial charge in [-0.1, -0.05) is 24.3 Å². The van der Waals surface area contributed by atoms with Crippen LogP contribution < -0.4 is 15.6 Å². The first-order valence-corrected chi connectivity index (χ1v) is 11.5. The highest BCUT2D eigenvalue weighted by Crippen LogP contribution is 2.28. The number of hydrogen-bond acceptors (Lipinski definition) is 5. The van der Waals surface area contributed by atoms with Gasteiger partial charge in [-0.2, -0.15) is 8.78 Å². The van der Waals surface area contributed by atoms with E-state index >= 15 is 0 Å². The van der Waals surface area contributed by atoms with E-state index in [0.717, 1.165) is 16.6 Å². The number of rotatable bonds is 9. The number of furan rings is 1. The molecular weight excluding hydrogens is 482 g/mol. The molecule has 0 atom stereocenters. The average molecular weight is 504 g/mol.